The van der Waals surface area contributed by atoms with Crippen LogP contribution in [0.2, 0.25) is 0 Å². The van der Waals surface area contributed by atoms with Gasteiger partial charge in [-0.05, 0) is 49.1 Å². The Hall–Kier alpha value is -2.69. The van der Waals surface area contributed by atoms with Crippen molar-refractivity contribution < 1.29 is 9.21 Å². The number of oxazole rings is 1. The Labute approximate surface area is 127 Å². The molecular weight excluding hydrogens is 278 g/mol. The molecule has 1 aliphatic rings. The molecule has 5 heteroatoms. The average Bonchev–Trinajstić information content (AvgIpc) is 3.29. The molecule has 3 aromatic rings. The molecule has 22 heavy (non-hydrogen) atoms. The van der Waals surface area contributed by atoms with Crippen molar-refractivity contribution >= 4 is 17.0 Å². The van der Waals surface area contributed by atoms with Gasteiger partial charge in [0.05, 0.1) is 5.56 Å². The van der Waals surface area contributed by atoms with Crippen LogP contribution >= 0.6 is 0 Å². The van der Waals surface area contributed by atoms with E-state index in [0.717, 1.165) is 12.1 Å². The van der Waals surface area contributed by atoms with Gasteiger partial charge in [0, 0.05) is 24.5 Å². The minimum Gasteiger partial charge on any atom is -0.436 e. The summed E-state index contributed by atoms with van der Waals surface area (Å²) in [6.45, 7) is 0.761. The van der Waals surface area contributed by atoms with E-state index in [1.165, 1.54) is 12.8 Å². The van der Waals surface area contributed by atoms with Crippen LogP contribution in [0, 0.1) is 5.92 Å². The van der Waals surface area contributed by atoms with Crippen LogP contribution in [0.15, 0.2) is 47.1 Å². The SMILES string of the molecule is O=C(NCC1CC1)c1ccc2oc(-c3cccnc3)nc2c1. The van der Waals surface area contributed by atoms with Crippen LogP contribution in [0.1, 0.15) is 23.2 Å². The molecule has 1 amide bonds. The van der Waals surface area contributed by atoms with E-state index in [2.05, 4.69) is 15.3 Å². The van der Waals surface area contributed by atoms with Crippen molar-refractivity contribution in [3.8, 4) is 11.5 Å². The summed E-state index contributed by atoms with van der Waals surface area (Å²) in [4.78, 5) is 20.6. The molecule has 1 fully saturated rings. The summed E-state index contributed by atoms with van der Waals surface area (Å²) in [7, 11) is 0. The Bertz CT molecular complexity index is 822. The van der Waals surface area contributed by atoms with Gasteiger partial charge in [-0.15, -0.1) is 0 Å². The molecule has 1 aromatic carbocycles. The average molecular weight is 293 g/mol. The first-order valence-corrected chi connectivity index (χ1v) is 7.39. The first-order chi connectivity index (χ1) is 10.8. The maximum absolute atomic E-state index is 12.1. The van der Waals surface area contributed by atoms with Crippen LogP contribution in [0.5, 0.6) is 0 Å². The number of amides is 1. The fourth-order valence-corrected chi connectivity index (χ4v) is 2.34. The van der Waals surface area contributed by atoms with Crippen molar-refractivity contribution in [3.63, 3.8) is 0 Å². The Kier molecular flexibility index (Phi) is 3.11. The molecule has 2 heterocycles. The van der Waals surface area contributed by atoms with Crippen LogP contribution in [0.25, 0.3) is 22.6 Å². The second-order valence-electron chi connectivity index (χ2n) is 5.60. The van der Waals surface area contributed by atoms with E-state index in [1.54, 1.807) is 30.6 Å². The molecule has 0 atom stereocenters. The lowest BCUT2D eigenvalue weighted by Crippen LogP contribution is -2.25. The minimum absolute atomic E-state index is 0.0558. The number of carbonyl (C=O) groups is 1. The molecule has 0 radical (unpaired) electrons. The maximum Gasteiger partial charge on any atom is 0.251 e. The Morgan fingerprint density at radius 2 is 2.23 bits per heavy atom. The van der Waals surface area contributed by atoms with Gasteiger partial charge < -0.3 is 9.73 Å². The molecule has 0 aliphatic heterocycles. The highest BCUT2D eigenvalue weighted by atomic mass is 16.3. The highest BCUT2D eigenvalue weighted by Crippen LogP contribution is 2.28. The number of fused-ring (bicyclic) bond motifs is 1. The zero-order chi connectivity index (χ0) is 14.9. The molecular formula is C17H15N3O2. The molecule has 0 unspecified atom stereocenters. The number of nitrogens with zero attached hydrogens (tertiary/aromatic N) is 2. The molecule has 1 aliphatic carbocycles. The second kappa shape index (κ2) is 5.26. The van der Waals surface area contributed by atoms with Crippen LogP contribution < -0.4 is 5.32 Å². The smallest absolute Gasteiger partial charge is 0.251 e. The molecule has 0 spiro atoms. The van der Waals surface area contributed by atoms with Crippen molar-refractivity contribution in [2.75, 3.05) is 6.54 Å². The summed E-state index contributed by atoms with van der Waals surface area (Å²) in [5.41, 5.74) is 2.77. The van der Waals surface area contributed by atoms with Gasteiger partial charge in [0.1, 0.15) is 5.52 Å². The number of pyridine rings is 1. The first kappa shape index (κ1) is 13.0. The summed E-state index contributed by atoms with van der Waals surface area (Å²) >= 11 is 0. The molecule has 5 nitrogen and oxygen atoms in total. The predicted molar refractivity (Wildman–Crippen MR) is 82.3 cm³/mol. The number of benzene rings is 1. The topological polar surface area (TPSA) is 68.0 Å². The second-order valence-corrected chi connectivity index (χ2v) is 5.60. The van der Waals surface area contributed by atoms with Crippen molar-refractivity contribution in [1.82, 2.24) is 15.3 Å². The van der Waals surface area contributed by atoms with Crippen LogP contribution in [0.3, 0.4) is 0 Å². The van der Waals surface area contributed by atoms with Crippen molar-refractivity contribution in [3.05, 3.63) is 48.3 Å². The van der Waals surface area contributed by atoms with Gasteiger partial charge in [-0.2, -0.15) is 0 Å². The minimum atomic E-state index is -0.0558. The van der Waals surface area contributed by atoms with Crippen molar-refractivity contribution in [2.24, 2.45) is 5.92 Å². The van der Waals surface area contributed by atoms with Crippen molar-refractivity contribution in [2.45, 2.75) is 12.8 Å². The summed E-state index contributed by atoms with van der Waals surface area (Å²) in [5.74, 6) is 1.12. The fourth-order valence-electron chi connectivity index (χ4n) is 2.34. The Morgan fingerprint density at radius 3 is 3.00 bits per heavy atom. The van der Waals surface area contributed by atoms with Crippen LogP contribution in [0.4, 0.5) is 0 Å². The van der Waals surface area contributed by atoms with Gasteiger partial charge in [-0.1, -0.05) is 0 Å². The lowest BCUT2D eigenvalue weighted by molar-refractivity contribution is 0.0952. The van der Waals surface area contributed by atoms with E-state index in [4.69, 9.17) is 4.42 Å². The summed E-state index contributed by atoms with van der Waals surface area (Å²) in [6, 6.07) is 9.04. The highest BCUT2D eigenvalue weighted by molar-refractivity contribution is 5.97. The molecule has 0 saturated heterocycles. The lowest BCUT2D eigenvalue weighted by Gasteiger charge is -2.03. The third-order valence-corrected chi connectivity index (χ3v) is 3.81. The normalized spacial score (nSPS) is 14.2. The van der Waals surface area contributed by atoms with E-state index in [-0.39, 0.29) is 5.91 Å². The number of hydrogen-bond acceptors (Lipinski definition) is 4. The van der Waals surface area contributed by atoms with E-state index < -0.39 is 0 Å². The quantitative estimate of drug-likeness (QED) is 0.803. The number of nitrogens with one attached hydrogen (secondary N) is 1. The fraction of sp³-hybridized carbons (Fsp3) is 0.235. The van der Waals surface area contributed by atoms with Crippen molar-refractivity contribution in [1.29, 1.82) is 0 Å². The van der Waals surface area contributed by atoms with E-state index in [1.807, 2.05) is 12.1 Å². The lowest BCUT2D eigenvalue weighted by atomic mass is 10.2. The monoisotopic (exact) mass is 293 g/mol. The largest absolute Gasteiger partial charge is 0.436 e. The van der Waals surface area contributed by atoms with Crippen LogP contribution in [-0.2, 0) is 0 Å². The van der Waals surface area contributed by atoms with Gasteiger partial charge in [0.2, 0.25) is 5.89 Å². The third kappa shape index (κ3) is 2.57. The summed E-state index contributed by atoms with van der Waals surface area (Å²) < 4.78 is 5.71. The number of hydrogen-bond donors (Lipinski definition) is 1. The Morgan fingerprint density at radius 1 is 1.32 bits per heavy atom. The standard InChI is InChI=1S/C17H15N3O2/c21-16(19-9-11-3-4-11)12-5-6-15-14(8-12)20-17(22-15)13-2-1-7-18-10-13/h1-2,5-8,10-11H,3-4,9H2,(H,19,21). The molecule has 0 bridgehead atoms. The molecule has 1 saturated carbocycles. The van der Waals surface area contributed by atoms with Gasteiger partial charge in [0.25, 0.3) is 5.91 Å². The number of carbonyl (C=O) groups excluding carboxylic acids is 1. The highest BCUT2D eigenvalue weighted by Gasteiger charge is 2.22. The van der Waals surface area contributed by atoms with Gasteiger partial charge in [-0.3, -0.25) is 9.78 Å². The van der Waals surface area contributed by atoms with E-state index in [9.17, 15) is 4.79 Å². The predicted octanol–water partition coefficient (Wildman–Crippen LogP) is 3.03. The Balaban J connectivity index is 1.61. The summed E-state index contributed by atoms with van der Waals surface area (Å²) in [6.07, 6.45) is 5.84. The maximum atomic E-state index is 12.1. The van der Waals surface area contributed by atoms with E-state index >= 15 is 0 Å². The zero-order valence-corrected chi connectivity index (χ0v) is 12.0. The molecule has 110 valence electrons. The molecule has 1 N–H and O–H groups in total. The molecule has 2 aromatic heterocycles. The number of rotatable bonds is 4. The first-order valence-electron chi connectivity index (χ1n) is 7.39. The van der Waals surface area contributed by atoms with Gasteiger partial charge in [0.15, 0.2) is 5.58 Å². The van der Waals surface area contributed by atoms with E-state index in [0.29, 0.717) is 28.5 Å². The molecule has 4 rings (SSSR count). The van der Waals surface area contributed by atoms with Crippen LogP contribution in [-0.4, -0.2) is 22.4 Å². The third-order valence-electron chi connectivity index (χ3n) is 3.81. The number of aromatic nitrogens is 2. The van der Waals surface area contributed by atoms with Gasteiger partial charge in [-0.25, -0.2) is 4.98 Å². The summed E-state index contributed by atoms with van der Waals surface area (Å²) in [5, 5.41) is 2.96. The zero-order valence-electron chi connectivity index (χ0n) is 12.0. The van der Waals surface area contributed by atoms with Gasteiger partial charge >= 0.3 is 0 Å².